The van der Waals surface area contributed by atoms with E-state index in [1.165, 1.54) is 0 Å². The molecule has 0 radical (unpaired) electrons. The van der Waals surface area contributed by atoms with Crippen LogP contribution in [0.2, 0.25) is 0 Å². The maximum atomic E-state index is 11.2. The van der Waals surface area contributed by atoms with Crippen LogP contribution in [0.1, 0.15) is 13.8 Å². The smallest absolute Gasteiger partial charge is 0.335 e. The lowest BCUT2D eigenvalue weighted by Gasteiger charge is -2.22. The highest BCUT2D eigenvalue weighted by Gasteiger charge is 2.51. The van der Waals surface area contributed by atoms with Gasteiger partial charge in [0, 0.05) is 4.91 Å². The number of carbonyl (C=O) groups excluding carboxylic acids is 1. The van der Waals surface area contributed by atoms with Gasteiger partial charge in [0.1, 0.15) is 18.2 Å². The Hall–Kier alpha value is -1.34. The van der Waals surface area contributed by atoms with E-state index in [9.17, 15) is 9.90 Å². The zero-order valence-corrected chi connectivity index (χ0v) is 9.44. The van der Waals surface area contributed by atoms with Gasteiger partial charge in [-0.05, 0) is 19.4 Å². The molecule has 2 fully saturated rings. The third-order valence-corrected chi connectivity index (χ3v) is 2.74. The molecular weight excluding hydrogens is 230 g/mol. The van der Waals surface area contributed by atoms with Crippen molar-refractivity contribution in [3.05, 3.63) is 10.4 Å². The van der Waals surface area contributed by atoms with E-state index < -0.39 is 36.1 Å². The minimum Gasteiger partial charge on any atom is -0.457 e. The molecule has 8 heteroatoms. The lowest BCUT2D eigenvalue weighted by Crippen LogP contribution is -2.39. The SMILES string of the molecule is CC1(C)OCC([C@H]2OC(=O)[C@@H](O)[C@@H]2N=[N+]=[N-])O1. The van der Waals surface area contributed by atoms with Gasteiger partial charge in [0.15, 0.2) is 11.9 Å². The molecule has 17 heavy (non-hydrogen) atoms. The van der Waals surface area contributed by atoms with Crippen LogP contribution in [0.3, 0.4) is 0 Å². The van der Waals surface area contributed by atoms with Crippen LogP contribution in [-0.2, 0) is 19.0 Å². The predicted molar refractivity (Wildman–Crippen MR) is 53.7 cm³/mol. The number of cyclic esters (lactones) is 1. The Labute approximate surface area is 97.1 Å². The fourth-order valence-corrected chi connectivity index (χ4v) is 1.95. The Morgan fingerprint density at radius 3 is 2.82 bits per heavy atom. The van der Waals surface area contributed by atoms with E-state index in [1.807, 2.05) is 0 Å². The lowest BCUT2D eigenvalue weighted by atomic mass is 10.0. The summed E-state index contributed by atoms with van der Waals surface area (Å²) in [5, 5.41) is 12.9. The summed E-state index contributed by atoms with van der Waals surface area (Å²) in [7, 11) is 0. The number of nitrogens with zero attached hydrogens (tertiary/aromatic N) is 3. The molecule has 0 bridgehead atoms. The van der Waals surface area contributed by atoms with Crippen molar-refractivity contribution < 1.29 is 24.1 Å². The number of azide groups is 1. The summed E-state index contributed by atoms with van der Waals surface area (Å²) in [6.07, 6.45) is -2.79. The van der Waals surface area contributed by atoms with E-state index in [1.54, 1.807) is 13.8 Å². The van der Waals surface area contributed by atoms with Crippen LogP contribution >= 0.6 is 0 Å². The van der Waals surface area contributed by atoms with Crippen molar-refractivity contribution in [2.45, 2.75) is 44.0 Å². The summed E-state index contributed by atoms with van der Waals surface area (Å²) in [5.74, 6) is -1.58. The molecule has 1 N–H and O–H groups in total. The number of rotatable bonds is 2. The number of hydrogen-bond donors (Lipinski definition) is 1. The van der Waals surface area contributed by atoms with Gasteiger partial charge in [0.05, 0.1) is 6.61 Å². The van der Waals surface area contributed by atoms with Crippen LogP contribution in [-0.4, -0.2) is 47.8 Å². The second-order valence-corrected chi connectivity index (χ2v) is 4.41. The van der Waals surface area contributed by atoms with Crippen LogP contribution < -0.4 is 0 Å². The van der Waals surface area contributed by atoms with Crippen molar-refractivity contribution >= 4 is 5.97 Å². The molecule has 8 nitrogen and oxygen atoms in total. The van der Waals surface area contributed by atoms with E-state index in [-0.39, 0.29) is 6.61 Å². The van der Waals surface area contributed by atoms with Crippen LogP contribution in [0.15, 0.2) is 5.11 Å². The van der Waals surface area contributed by atoms with E-state index in [0.717, 1.165) is 0 Å². The summed E-state index contributed by atoms with van der Waals surface area (Å²) < 4.78 is 15.8. The standard InChI is InChI=1S/C9H13N3O5/c1-9(2)15-3-4(17-9)7-5(11-12-10)6(13)8(14)16-7/h4-7,13H,3H2,1-2H3/t4?,5-,6-,7+/m0/s1. The summed E-state index contributed by atoms with van der Waals surface area (Å²) >= 11 is 0. The number of esters is 1. The van der Waals surface area contributed by atoms with Crippen molar-refractivity contribution in [2.24, 2.45) is 5.11 Å². The summed E-state index contributed by atoms with van der Waals surface area (Å²) in [4.78, 5) is 13.8. The number of aliphatic hydroxyl groups excluding tert-OH is 1. The molecule has 2 heterocycles. The second kappa shape index (κ2) is 4.15. The fourth-order valence-electron chi connectivity index (χ4n) is 1.95. The Bertz CT molecular complexity index is 379. The average Bonchev–Trinajstić information content (AvgIpc) is 2.73. The summed E-state index contributed by atoms with van der Waals surface area (Å²) in [5.41, 5.74) is 8.40. The molecule has 0 aliphatic carbocycles. The molecule has 2 rings (SSSR count). The molecule has 2 aliphatic heterocycles. The van der Waals surface area contributed by atoms with Gasteiger partial charge in [-0.1, -0.05) is 5.11 Å². The normalized spacial score (nSPS) is 39.8. The molecule has 4 atom stereocenters. The third kappa shape index (κ3) is 2.20. The molecule has 0 amide bonds. The molecule has 0 aromatic carbocycles. The van der Waals surface area contributed by atoms with Gasteiger partial charge < -0.3 is 19.3 Å². The van der Waals surface area contributed by atoms with Crippen molar-refractivity contribution in [2.75, 3.05) is 6.61 Å². The molecule has 94 valence electrons. The van der Waals surface area contributed by atoms with Gasteiger partial charge in [-0.3, -0.25) is 0 Å². The molecule has 0 aromatic rings. The van der Waals surface area contributed by atoms with Gasteiger partial charge in [-0.2, -0.15) is 0 Å². The van der Waals surface area contributed by atoms with Gasteiger partial charge in [-0.15, -0.1) is 0 Å². The molecule has 1 unspecified atom stereocenters. The lowest BCUT2D eigenvalue weighted by molar-refractivity contribution is -0.163. The monoisotopic (exact) mass is 243 g/mol. The van der Waals surface area contributed by atoms with Crippen LogP contribution in [0.5, 0.6) is 0 Å². The van der Waals surface area contributed by atoms with Gasteiger partial charge in [-0.25, -0.2) is 4.79 Å². The van der Waals surface area contributed by atoms with Crippen LogP contribution in [0.4, 0.5) is 0 Å². The molecule has 0 saturated carbocycles. The Balaban J connectivity index is 2.15. The quantitative estimate of drug-likeness (QED) is 0.320. The minimum absolute atomic E-state index is 0.217. The van der Waals surface area contributed by atoms with Crippen molar-refractivity contribution in [3.63, 3.8) is 0 Å². The minimum atomic E-state index is -1.44. The van der Waals surface area contributed by atoms with Crippen molar-refractivity contribution in [1.82, 2.24) is 0 Å². The van der Waals surface area contributed by atoms with E-state index in [2.05, 4.69) is 10.0 Å². The van der Waals surface area contributed by atoms with Crippen molar-refractivity contribution in [1.29, 1.82) is 0 Å². The van der Waals surface area contributed by atoms with Gasteiger partial charge >= 0.3 is 5.97 Å². The maximum absolute atomic E-state index is 11.2. The fraction of sp³-hybridized carbons (Fsp3) is 0.889. The largest absolute Gasteiger partial charge is 0.457 e. The number of carbonyl (C=O) groups is 1. The molecular formula is C9H13N3O5. The number of hydrogen-bond acceptors (Lipinski definition) is 6. The Kier molecular flexibility index (Phi) is 2.96. The molecule has 2 aliphatic rings. The van der Waals surface area contributed by atoms with Gasteiger partial charge in [0.25, 0.3) is 0 Å². The van der Waals surface area contributed by atoms with Crippen molar-refractivity contribution in [3.8, 4) is 0 Å². The molecule has 2 saturated heterocycles. The predicted octanol–water partition coefficient (Wildman–Crippen LogP) is 0.103. The highest BCUT2D eigenvalue weighted by Crippen LogP contribution is 2.31. The average molecular weight is 243 g/mol. The zero-order valence-electron chi connectivity index (χ0n) is 9.44. The first-order valence-electron chi connectivity index (χ1n) is 5.19. The van der Waals surface area contributed by atoms with E-state index >= 15 is 0 Å². The van der Waals surface area contributed by atoms with Crippen LogP contribution in [0.25, 0.3) is 10.4 Å². The first kappa shape index (κ1) is 12.1. The third-order valence-electron chi connectivity index (χ3n) is 2.74. The van der Waals surface area contributed by atoms with E-state index in [0.29, 0.717) is 0 Å². The van der Waals surface area contributed by atoms with Crippen LogP contribution in [0, 0.1) is 0 Å². The number of ether oxygens (including phenoxy) is 3. The zero-order chi connectivity index (χ0) is 12.6. The first-order chi connectivity index (χ1) is 7.94. The topological polar surface area (TPSA) is 114 Å². The van der Waals surface area contributed by atoms with E-state index in [4.69, 9.17) is 19.7 Å². The molecule has 0 aromatic heterocycles. The Morgan fingerprint density at radius 1 is 1.59 bits per heavy atom. The summed E-state index contributed by atoms with van der Waals surface area (Å²) in [6.45, 7) is 3.67. The highest BCUT2D eigenvalue weighted by atomic mass is 16.8. The maximum Gasteiger partial charge on any atom is 0.335 e. The Morgan fingerprint density at radius 2 is 2.29 bits per heavy atom. The van der Waals surface area contributed by atoms with Gasteiger partial charge in [0.2, 0.25) is 0 Å². The number of aliphatic hydroxyl groups is 1. The second-order valence-electron chi connectivity index (χ2n) is 4.41. The molecule has 0 spiro atoms. The first-order valence-corrected chi connectivity index (χ1v) is 5.19. The highest BCUT2D eigenvalue weighted by molar-refractivity contribution is 5.78. The summed E-state index contributed by atoms with van der Waals surface area (Å²) in [6, 6.07) is -0.977.